The first-order valence-corrected chi connectivity index (χ1v) is 11.0. The van der Waals surface area contributed by atoms with Crippen molar-refractivity contribution in [1.82, 2.24) is 0 Å². The summed E-state index contributed by atoms with van der Waals surface area (Å²) in [5.74, 6) is 0.637. The summed E-state index contributed by atoms with van der Waals surface area (Å²) in [7, 11) is -2.46. The van der Waals surface area contributed by atoms with Crippen LogP contribution in [-0.4, -0.2) is 21.3 Å². The largest absolute Gasteiger partial charge is 0.496 e. The van der Waals surface area contributed by atoms with Crippen LogP contribution in [0.3, 0.4) is 0 Å². The van der Waals surface area contributed by atoms with Crippen LogP contribution in [0, 0.1) is 0 Å². The van der Waals surface area contributed by atoms with Crippen LogP contribution in [0.15, 0.2) is 81.9 Å². The van der Waals surface area contributed by atoms with Crippen LogP contribution in [-0.2, 0) is 10.1 Å². The van der Waals surface area contributed by atoms with E-state index in [0.717, 1.165) is 4.47 Å². The molecule has 6 nitrogen and oxygen atoms in total. The maximum absolute atomic E-state index is 12.7. The fourth-order valence-corrected chi connectivity index (χ4v) is 4.26. The SMILES string of the molecule is COc1ccc(Br)cc1C=C1Oc2cc(OS(=O)(=O)c3ccccc3)ccc2C1=O. The molecule has 152 valence electrons. The number of hydrogen-bond donors (Lipinski definition) is 0. The van der Waals surface area contributed by atoms with E-state index in [1.807, 2.05) is 6.07 Å². The molecule has 0 saturated carbocycles. The fraction of sp³-hybridized carbons (Fsp3) is 0.0455. The number of methoxy groups -OCH3 is 1. The lowest BCUT2D eigenvalue weighted by atomic mass is 10.1. The molecule has 8 heteroatoms. The predicted molar refractivity (Wildman–Crippen MR) is 114 cm³/mol. The van der Waals surface area contributed by atoms with Gasteiger partial charge in [0, 0.05) is 16.1 Å². The van der Waals surface area contributed by atoms with Crippen molar-refractivity contribution in [2.24, 2.45) is 0 Å². The third-order valence-electron chi connectivity index (χ3n) is 4.36. The molecule has 0 unspecified atom stereocenters. The molecule has 1 aliphatic rings. The Balaban J connectivity index is 1.63. The number of ketones is 1. The molecule has 0 saturated heterocycles. The first kappa shape index (κ1) is 20.2. The number of halogens is 1. The summed E-state index contributed by atoms with van der Waals surface area (Å²) in [5, 5.41) is 0. The highest BCUT2D eigenvalue weighted by molar-refractivity contribution is 9.10. The van der Waals surface area contributed by atoms with Gasteiger partial charge < -0.3 is 13.7 Å². The molecule has 0 N–H and O–H groups in total. The van der Waals surface area contributed by atoms with Gasteiger partial charge in [-0.3, -0.25) is 4.79 Å². The van der Waals surface area contributed by atoms with Gasteiger partial charge in [-0.25, -0.2) is 0 Å². The van der Waals surface area contributed by atoms with Gasteiger partial charge in [-0.1, -0.05) is 34.1 Å². The van der Waals surface area contributed by atoms with Crippen molar-refractivity contribution >= 4 is 37.9 Å². The summed E-state index contributed by atoms with van der Waals surface area (Å²) in [4.78, 5) is 12.7. The third kappa shape index (κ3) is 3.96. The zero-order valence-electron chi connectivity index (χ0n) is 15.7. The Labute approximate surface area is 182 Å². The average molecular weight is 487 g/mol. The van der Waals surface area contributed by atoms with Gasteiger partial charge >= 0.3 is 10.1 Å². The number of hydrogen-bond acceptors (Lipinski definition) is 6. The molecule has 0 atom stereocenters. The van der Waals surface area contributed by atoms with Crippen molar-refractivity contribution < 1.29 is 26.9 Å². The zero-order valence-corrected chi connectivity index (χ0v) is 18.1. The number of carbonyl (C=O) groups excluding carboxylic acids is 1. The van der Waals surface area contributed by atoms with Crippen LogP contribution in [0.25, 0.3) is 6.08 Å². The quantitative estimate of drug-likeness (QED) is 0.379. The smallest absolute Gasteiger partial charge is 0.339 e. The maximum atomic E-state index is 12.7. The van der Waals surface area contributed by atoms with Crippen LogP contribution >= 0.6 is 15.9 Å². The molecule has 3 aromatic carbocycles. The summed E-state index contributed by atoms with van der Waals surface area (Å²) >= 11 is 3.39. The van der Waals surface area contributed by atoms with Gasteiger partial charge in [0.2, 0.25) is 5.78 Å². The molecule has 0 fully saturated rings. The average Bonchev–Trinajstić information content (AvgIpc) is 3.03. The van der Waals surface area contributed by atoms with Crippen LogP contribution in [0.4, 0.5) is 0 Å². The Morgan fingerprint density at radius 1 is 1.00 bits per heavy atom. The third-order valence-corrected chi connectivity index (χ3v) is 6.11. The van der Waals surface area contributed by atoms with Crippen molar-refractivity contribution in [3.63, 3.8) is 0 Å². The normalized spacial score (nSPS) is 14.3. The van der Waals surface area contributed by atoms with Crippen LogP contribution in [0.2, 0.25) is 0 Å². The lowest BCUT2D eigenvalue weighted by Crippen LogP contribution is -2.09. The van der Waals surface area contributed by atoms with Gasteiger partial charge in [-0.15, -0.1) is 0 Å². The van der Waals surface area contributed by atoms with E-state index >= 15 is 0 Å². The Morgan fingerprint density at radius 2 is 1.77 bits per heavy atom. The predicted octanol–water partition coefficient (Wildman–Crippen LogP) is 4.84. The molecule has 0 amide bonds. The molecule has 1 aliphatic heterocycles. The summed E-state index contributed by atoms with van der Waals surface area (Å²) in [5.41, 5.74) is 0.978. The van der Waals surface area contributed by atoms with E-state index in [-0.39, 0.29) is 27.9 Å². The molecule has 0 aliphatic carbocycles. The molecule has 0 bridgehead atoms. The molecular weight excluding hydrogens is 472 g/mol. The number of carbonyl (C=O) groups is 1. The lowest BCUT2D eigenvalue weighted by Gasteiger charge is -2.08. The summed E-state index contributed by atoms with van der Waals surface area (Å²) < 4.78 is 41.8. The molecule has 1 heterocycles. The molecule has 30 heavy (non-hydrogen) atoms. The van der Waals surface area contributed by atoms with Crippen molar-refractivity contribution in [3.05, 3.63) is 88.1 Å². The molecule has 0 radical (unpaired) electrons. The second-order valence-corrected chi connectivity index (χ2v) is 8.80. The highest BCUT2D eigenvalue weighted by atomic mass is 79.9. The topological polar surface area (TPSA) is 78.9 Å². The van der Waals surface area contributed by atoms with E-state index in [4.69, 9.17) is 13.7 Å². The van der Waals surface area contributed by atoms with Crippen LogP contribution < -0.4 is 13.7 Å². The standard InChI is InChI=1S/C22H15BrO6S/c1-27-19-10-7-15(23)11-14(19)12-21-22(24)18-9-8-16(13-20(18)28-21)29-30(25,26)17-5-3-2-4-6-17/h2-13H,1H3. The maximum Gasteiger partial charge on any atom is 0.339 e. The van der Waals surface area contributed by atoms with E-state index in [2.05, 4.69) is 15.9 Å². The van der Waals surface area contributed by atoms with Gasteiger partial charge in [-0.2, -0.15) is 8.42 Å². The molecule has 0 aromatic heterocycles. The zero-order chi connectivity index (χ0) is 21.3. The molecule has 3 aromatic rings. The minimum absolute atomic E-state index is 0.0322. The molecule has 4 rings (SSSR count). The number of benzene rings is 3. The number of Topliss-reactive ketones (excluding diaryl/α,β-unsaturated/α-hetero) is 1. The van der Waals surface area contributed by atoms with Crippen molar-refractivity contribution in [2.75, 3.05) is 7.11 Å². The van der Waals surface area contributed by atoms with Gasteiger partial charge in [0.25, 0.3) is 0 Å². The summed E-state index contributed by atoms with van der Waals surface area (Å²) in [6.07, 6.45) is 1.58. The van der Waals surface area contributed by atoms with Crippen LogP contribution in [0.5, 0.6) is 17.2 Å². The van der Waals surface area contributed by atoms with E-state index < -0.39 is 10.1 Å². The van der Waals surface area contributed by atoms with Gasteiger partial charge in [0.05, 0.1) is 12.7 Å². The highest BCUT2D eigenvalue weighted by Crippen LogP contribution is 2.36. The van der Waals surface area contributed by atoms with Crippen molar-refractivity contribution in [2.45, 2.75) is 4.90 Å². The van der Waals surface area contributed by atoms with Crippen molar-refractivity contribution in [3.8, 4) is 17.2 Å². The van der Waals surface area contributed by atoms with Gasteiger partial charge in [-0.05, 0) is 48.5 Å². The number of fused-ring (bicyclic) bond motifs is 1. The number of allylic oxidation sites excluding steroid dienone is 1. The lowest BCUT2D eigenvalue weighted by molar-refractivity contribution is 0.101. The highest BCUT2D eigenvalue weighted by Gasteiger charge is 2.29. The number of ether oxygens (including phenoxy) is 2. The van der Waals surface area contributed by atoms with Crippen molar-refractivity contribution in [1.29, 1.82) is 0 Å². The van der Waals surface area contributed by atoms with E-state index in [9.17, 15) is 13.2 Å². The molecule has 0 spiro atoms. The van der Waals surface area contributed by atoms with E-state index in [0.29, 0.717) is 16.9 Å². The fourth-order valence-electron chi connectivity index (χ4n) is 2.94. The van der Waals surface area contributed by atoms with Crippen LogP contribution in [0.1, 0.15) is 15.9 Å². The monoisotopic (exact) mass is 486 g/mol. The Bertz CT molecular complexity index is 1270. The summed E-state index contributed by atoms with van der Waals surface area (Å²) in [6.45, 7) is 0. The van der Waals surface area contributed by atoms with Gasteiger partial charge in [0.1, 0.15) is 22.1 Å². The Kier molecular flexibility index (Phi) is 5.36. The number of rotatable bonds is 5. The second kappa shape index (κ2) is 7.97. The van der Waals surface area contributed by atoms with E-state index in [1.165, 1.54) is 37.4 Å². The Morgan fingerprint density at radius 3 is 2.50 bits per heavy atom. The minimum atomic E-state index is -4.00. The minimum Gasteiger partial charge on any atom is -0.496 e. The second-order valence-electron chi connectivity index (χ2n) is 6.33. The summed E-state index contributed by atoms with van der Waals surface area (Å²) in [6, 6.07) is 17.5. The first-order chi connectivity index (χ1) is 14.4. The van der Waals surface area contributed by atoms with E-state index in [1.54, 1.807) is 36.4 Å². The first-order valence-electron chi connectivity index (χ1n) is 8.79. The Hall–Kier alpha value is -3.10. The van der Waals surface area contributed by atoms with Gasteiger partial charge in [0.15, 0.2) is 5.76 Å². The molecular formula is C22H15BrO6S.